The van der Waals surface area contributed by atoms with Crippen LogP contribution >= 0.6 is 0 Å². The lowest BCUT2D eigenvalue weighted by Crippen LogP contribution is -1.88. The van der Waals surface area contributed by atoms with E-state index in [1.807, 2.05) is 0 Å². The minimum Gasteiger partial charge on any atom is -0.478 e. The van der Waals surface area contributed by atoms with Crippen molar-refractivity contribution in [3.8, 4) is 0 Å². The summed E-state index contributed by atoms with van der Waals surface area (Å²) in [6.07, 6.45) is 4.10. The number of aliphatic carboxylic acids is 1. The maximum atomic E-state index is 10.0. The van der Waals surface area contributed by atoms with Gasteiger partial charge in [0.1, 0.15) is 0 Å². The molecule has 4 heteroatoms. The van der Waals surface area contributed by atoms with E-state index in [1.54, 1.807) is 6.92 Å². The lowest BCUT2D eigenvalue weighted by Gasteiger charge is -1.81. The lowest BCUT2D eigenvalue weighted by molar-refractivity contribution is -0.138. The summed E-state index contributed by atoms with van der Waals surface area (Å²) in [6.45, 7) is 2.30. The molecule has 12 heavy (non-hydrogen) atoms. The van der Waals surface area contributed by atoms with Gasteiger partial charge in [0.05, 0.1) is 6.61 Å². The molecule has 1 heterocycles. The Morgan fingerprint density at radius 3 is 2.42 bits per heavy atom. The number of rotatable bonds is 1. The van der Waals surface area contributed by atoms with E-state index < -0.39 is 5.97 Å². The molecule has 1 N–H and O–H groups in total. The minimum absolute atomic E-state index is 0.0463. The summed E-state index contributed by atoms with van der Waals surface area (Å²) in [4.78, 5) is 19.5. The first kappa shape index (κ1) is 10.7. The van der Waals surface area contributed by atoms with Crippen LogP contribution in [-0.2, 0) is 14.3 Å². The first-order valence-corrected chi connectivity index (χ1v) is 3.68. The Hall–Kier alpha value is -1.32. The molecule has 0 atom stereocenters. The summed E-state index contributed by atoms with van der Waals surface area (Å²) in [7, 11) is 0. The number of hydrogen-bond acceptors (Lipinski definition) is 3. The second-order valence-corrected chi connectivity index (χ2v) is 2.16. The largest absolute Gasteiger partial charge is 0.478 e. The highest BCUT2D eigenvalue weighted by atomic mass is 16.5. The van der Waals surface area contributed by atoms with E-state index in [2.05, 4.69) is 4.74 Å². The fourth-order valence-electron chi connectivity index (χ4n) is 0.617. The van der Waals surface area contributed by atoms with Gasteiger partial charge in [0, 0.05) is 12.5 Å². The summed E-state index contributed by atoms with van der Waals surface area (Å²) >= 11 is 0. The first-order chi connectivity index (χ1) is 5.66. The maximum absolute atomic E-state index is 10.0. The smallest absolute Gasteiger partial charge is 0.327 e. The number of allylic oxidation sites excluding steroid dienone is 1. The van der Waals surface area contributed by atoms with Gasteiger partial charge < -0.3 is 9.84 Å². The van der Waals surface area contributed by atoms with Crippen molar-refractivity contribution in [1.82, 2.24) is 0 Å². The average molecular weight is 172 g/mol. The van der Waals surface area contributed by atoms with Crippen LogP contribution in [0, 0.1) is 0 Å². The predicted octanol–water partition coefficient (Wildman–Crippen LogP) is 0.970. The first-order valence-electron chi connectivity index (χ1n) is 3.68. The SMILES string of the molecule is CC=CC(=O)O.O=C1CCCO1. The Labute approximate surface area is 70.8 Å². The van der Waals surface area contributed by atoms with Gasteiger partial charge in [-0.3, -0.25) is 4.79 Å². The van der Waals surface area contributed by atoms with E-state index in [9.17, 15) is 9.59 Å². The molecule has 0 unspecified atom stereocenters. The number of esters is 1. The van der Waals surface area contributed by atoms with Gasteiger partial charge in [0.25, 0.3) is 0 Å². The quantitative estimate of drug-likeness (QED) is 0.473. The third-order valence-corrected chi connectivity index (χ3v) is 1.10. The summed E-state index contributed by atoms with van der Waals surface area (Å²) in [5.41, 5.74) is 0. The van der Waals surface area contributed by atoms with Gasteiger partial charge in [0.2, 0.25) is 0 Å². The Morgan fingerprint density at radius 2 is 2.33 bits per heavy atom. The zero-order valence-corrected chi connectivity index (χ0v) is 6.95. The number of cyclic esters (lactones) is 1. The zero-order valence-electron chi connectivity index (χ0n) is 6.95. The molecule has 1 saturated heterocycles. The molecule has 0 aliphatic carbocycles. The van der Waals surface area contributed by atoms with Crippen LogP contribution in [0.25, 0.3) is 0 Å². The van der Waals surface area contributed by atoms with Gasteiger partial charge >= 0.3 is 11.9 Å². The summed E-state index contributed by atoms with van der Waals surface area (Å²) in [6, 6.07) is 0. The van der Waals surface area contributed by atoms with Crippen LogP contribution in [0.5, 0.6) is 0 Å². The predicted molar refractivity (Wildman–Crippen MR) is 42.6 cm³/mol. The highest BCUT2D eigenvalue weighted by Crippen LogP contribution is 2.01. The monoisotopic (exact) mass is 172 g/mol. The maximum Gasteiger partial charge on any atom is 0.327 e. The molecule has 0 aromatic rings. The van der Waals surface area contributed by atoms with E-state index in [0.717, 1.165) is 12.5 Å². The highest BCUT2D eigenvalue weighted by molar-refractivity contribution is 5.79. The highest BCUT2D eigenvalue weighted by Gasteiger charge is 2.08. The molecule has 1 fully saturated rings. The number of carboxylic acid groups (broad SMARTS) is 1. The molecule has 68 valence electrons. The standard InChI is InChI=1S/2C4H6O2/c5-4-2-1-3-6-4;1-2-3-4(5)6/h1-3H2;2-3H,1H3,(H,5,6). The molecular weight excluding hydrogens is 160 g/mol. The van der Waals surface area contributed by atoms with Crippen LogP contribution in [0.1, 0.15) is 19.8 Å². The van der Waals surface area contributed by atoms with Gasteiger partial charge in [-0.05, 0) is 13.3 Å². The van der Waals surface area contributed by atoms with Crippen molar-refractivity contribution in [2.24, 2.45) is 0 Å². The van der Waals surface area contributed by atoms with Crippen molar-refractivity contribution in [2.75, 3.05) is 6.61 Å². The van der Waals surface area contributed by atoms with Crippen molar-refractivity contribution in [3.05, 3.63) is 12.2 Å². The summed E-state index contributed by atoms with van der Waals surface area (Å²) in [5.74, 6) is -0.937. The second kappa shape index (κ2) is 6.39. The fourth-order valence-corrected chi connectivity index (χ4v) is 0.617. The third-order valence-electron chi connectivity index (χ3n) is 1.10. The van der Waals surface area contributed by atoms with Crippen molar-refractivity contribution in [2.45, 2.75) is 19.8 Å². The van der Waals surface area contributed by atoms with Crippen LogP contribution in [-0.4, -0.2) is 23.7 Å². The molecule has 1 aliphatic heterocycles. The molecule has 0 spiro atoms. The Balaban J connectivity index is 0.000000202. The van der Waals surface area contributed by atoms with Crippen molar-refractivity contribution < 1.29 is 19.4 Å². The topological polar surface area (TPSA) is 63.6 Å². The van der Waals surface area contributed by atoms with Crippen molar-refractivity contribution in [3.63, 3.8) is 0 Å². The lowest BCUT2D eigenvalue weighted by atomic mass is 10.4. The van der Waals surface area contributed by atoms with E-state index in [1.165, 1.54) is 6.08 Å². The average Bonchev–Trinajstić information content (AvgIpc) is 2.40. The fraction of sp³-hybridized carbons (Fsp3) is 0.500. The molecule has 1 rings (SSSR count). The normalized spacial score (nSPS) is 15.2. The van der Waals surface area contributed by atoms with Gasteiger partial charge in [-0.1, -0.05) is 6.08 Å². The van der Waals surface area contributed by atoms with Crippen molar-refractivity contribution >= 4 is 11.9 Å². The summed E-state index contributed by atoms with van der Waals surface area (Å²) in [5, 5.41) is 7.83. The molecule has 0 aromatic heterocycles. The third kappa shape index (κ3) is 6.80. The number of carbonyl (C=O) groups excluding carboxylic acids is 1. The van der Waals surface area contributed by atoms with Gasteiger partial charge in [-0.15, -0.1) is 0 Å². The van der Waals surface area contributed by atoms with Crippen LogP contribution in [0.2, 0.25) is 0 Å². The number of ether oxygens (including phenoxy) is 1. The van der Waals surface area contributed by atoms with Crippen LogP contribution < -0.4 is 0 Å². The molecule has 4 nitrogen and oxygen atoms in total. The second-order valence-electron chi connectivity index (χ2n) is 2.16. The molecule has 0 bridgehead atoms. The van der Waals surface area contributed by atoms with Crippen LogP contribution in [0.3, 0.4) is 0 Å². The molecule has 0 radical (unpaired) electrons. The number of carboxylic acids is 1. The number of hydrogen-bond donors (Lipinski definition) is 1. The van der Waals surface area contributed by atoms with E-state index in [0.29, 0.717) is 13.0 Å². The molecule has 0 amide bonds. The van der Waals surface area contributed by atoms with Gasteiger partial charge in [0.15, 0.2) is 0 Å². The molecule has 1 aliphatic rings. The molecular formula is C8H12O4. The minimum atomic E-state index is -0.891. The van der Waals surface area contributed by atoms with E-state index in [-0.39, 0.29) is 5.97 Å². The zero-order chi connectivity index (χ0) is 9.40. The molecule has 0 aromatic carbocycles. The summed E-state index contributed by atoms with van der Waals surface area (Å²) < 4.78 is 4.51. The van der Waals surface area contributed by atoms with Crippen LogP contribution in [0.15, 0.2) is 12.2 Å². The molecule has 0 saturated carbocycles. The Bertz CT molecular complexity index is 175. The van der Waals surface area contributed by atoms with Crippen molar-refractivity contribution in [1.29, 1.82) is 0 Å². The van der Waals surface area contributed by atoms with Gasteiger partial charge in [-0.2, -0.15) is 0 Å². The van der Waals surface area contributed by atoms with E-state index in [4.69, 9.17) is 5.11 Å². The van der Waals surface area contributed by atoms with Gasteiger partial charge in [-0.25, -0.2) is 4.79 Å². The Kier molecular flexibility index (Phi) is 5.69. The van der Waals surface area contributed by atoms with E-state index >= 15 is 0 Å². The Morgan fingerprint density at radius 1 is 1.67 bits per heavy atom. The van der Waals surface area contributed by atoms with Crippen LogP contribution in [0.4, 0.5) is 0 Å². The number of carbonyl (C=O) groups is 2.